The maximum atomic E-state index is 11.3. The first kappa shape index (κ1) is 12.4. The molecular formula is C15H16N2OS. The Balaban J connectivity index is 1.92. The number of hydrogen-bond acceptors (Lipinski definition) is 3. The normalized spacial score (nSPS) is 15.8. The van der Waals surface area contributed by atoms with Gasteiger partial charge in [0.25, 0.3) is 0 Å². The smallest absolute Gasteiger partial charge is 0.224 e. The fourth-order valence-corrected chi connectivity index (χ4v) is 3.29. The van der Waals surface area contributed by atoms with E-state index in [9.17, 15) is 4.79 Å². The Morgan fingerprint density at radius 3 is 2.84 bits per heavy atom. The van der Waals surface area contributed by atoms with E-state index in [4.69, 9.17) is 5.73 Å². The number of thiophene rings is 1. The van der Waals surface area contributed by atoms with Gasteiger partial charge in [-0.25, -0.2) is 0 Å². The minimum atomic E-state index is -0.0818. The summed E-state index contributed by atoms with van der Waals surface area (Å²) >= 11 is 1.73. The van der Waals surface area contributed by atoms with Crippen LogP contribution in [0.4, 0.5) is 5.69 Å². The van der Waals surface area contributed by atoms with Gasteiger partial charge in [0.2, 0.25) is 5.91 Å². The molecular weight excluding hydrogens is 256 g/mol. The number of carbonyl (C=O) groups is 1. The molecule has 19 heavy (non-hydrogen) atoms. The molecule has 0 bridgehead atoms. The molecule has 3 rings (SSSR count). The van der Waals surface area contributed by atoms with Crippen molar-refractivity contribution < 1.29 is 4.79 Å². The molecule has 0 radical (unpaired) electrons. The Hall–Kier alpha value is -1.65. The van der Waals surface area contributed by atoms with Crippen LogP contribution in [-0.2, 0) is 11.2 Å². The van der Waals surface area contributed by atoms with Crippen LogP contribution in [-0.4, -0.2) is 5.91 Å². The molecule has 4 heteroatoms. The summed E-state index contributed by atoms with van der Waals surface area (Å²) in [6.45, 7) is 2.09. The summed E-state index contributed by atoms with van der Waals surface area (Å²) in [5, 5.41) is 2.89. The summed E-state index contributed by atoms with van der Waals surface area (Å²) in [6, 6.07) is 10.2. The zero-order chi connectivity index (χ0) is 13.4. The van der Waals surface area contributed by atoms with E-state index in [0.29, 0.717) is 6.42 Å². The molecule has 1 aromatic carbocycles. The number of nitrogens with one attached hydrogen (secondary N) is 1. The monoisotopic (exact) mass is 272 g/mol. The fraction of sp³-hybridized carbons (Fsp3) is 0.267. The minimum absolute atomic E-state index is 0.0818. The second kappa shape index (κ2) is 4.79. The molecule has 2 aromatic rings. The number of carbonyl (C=O) groups excluding carboxylic acids is 1. The predicted octanol–water partition coefficient (Wildman–Crippen LogP) is 2.99. The molecule has 1 aliphatic heterocycles. The van der Waals surface area contributed by atoms with E-state index in [-0.39, 0.29) is 11.9 Å². The van der Waals surface area contributed by atoms with Gasteiger partial charge in [-0.05, 0) is 42.7 Å². The highest BCUT2D eigenvalue weighted by molar-refractivity contribution is 7.12. The van der Waals surface area contributed by atoms with Gasteiger partial charge < -0.3 is 11.1 Å². The third kappa shape index (κ3) is 2.41. The van der Waals surface area contributed by atoms with Crippen LogP contribution in [0.25, 0.3) is 0 Å². The van der Waals surface area contributed by atoms with Gasteiger partial charge in [-0.3, -0.25) is 4.79 Å². The van der Waals surface area contributed by atoms with Gasteiger partial charge in [-0.2, -0.15) is 0 Å². The van der Waals surface area contributed by atoms with Gasteiger partial charge in [0.15, 0.2) is 0 Å². The fourth-order valence-electron chi connectivity index (χ4n) is 2.38. The first-order valence-electron chi connectivity index (χ1n) is 6.38. The molecule has 1 aliphatic rings. The average Bonchev–Trinajstić information content (AvgIpc) is 2.84. The number of benzene rings is 1. The van der Waals surface area contributed by atoms with Crippen molar-refractivity contribution in [1.82, 2.24) is 0 Å². The quantitative estimate of drug-likeness (QED) is 0.883. The van der Waals surface area contributed by atoms with Crippen molar-refractivity contribution in [2.45, 2.75) is 25.8 Å². The van der Waals surface area contributed by atoms with E-state index >= 15 is 0 Å². The zero-order valence-corrected chi connectivity index (χ0v) is 11.6. The summed E-state index contributed by atoms with van der Waals surface area (Å²) in [4.78, 5) is 13.8. The van der Waals surface area contributed by atoms with Gasteiger partial charge in [0.1, 0.15) is 0 Å². The van der Waals surface area contributed by atoms with Crippen LogP contribution in [0.1, 0.15) is 33.3 Å². The van der Waals surface area contributed by atoms with Crippen molar-refractivity contribution in [3.05, 3.63) is 51.2 Å². The van der Waals surface area contributed by atoms with Crippen LogP contribution in [0.15, 0.2) is 30.3 Å². The van der Waals surface area contributed by atoms with Gasteiger partial charge in [0.05, 0.1) is 6.04 Å². The molecule has 98 valence electrons. The van der Waals surface area contributed by atoms with Crippen LogP contribution < -0.4 is 11.1 Å². The Kier molecular flexibility index (Phi) is 3.12. The van der Waals surface area contributed by atoms with Gasteiger partial charge in [-0.15, -0.1) is 11.3 Å². The lowest BCUT2D eigenvalue weighted by Crippen LogP contribution is -2.19. The van der Waals surface area contributed by atoms with Crippen molar-refractivity contribution in [3.63, 3.8) is 0 Å². The topological polar surface area (TPSA) is 55.1 Å². The van der Waals surface area contributed by atoms with Crippen molar-refractivity contribution in [3.8, 4) is 0 Å². The van der Waals surface area contributed by atoms with Gasteiger partial charge >= 0.3 is 0 Å². The molecule has 0 saturated heterocycles. The van der Waals surface area contributed by atoms with E-state index in [1.54, 1.807) is 11.3 Å². The van der Waals surface area contributed by atoms with Crippen LogP contribution in [0.2, 0.25) is 0 Å². The second-order valence-corrected chi connectivity index (χ2v) is 6.21. The highest BCUT2D eigenvalue weighted by atomic mass is 32.1. The maximum Gasteiger partial charge on any atom is 0.224 e. The lowest BCUT2D eigenvalue weighted by atomic mass is 9.97. The molecule has 3 N–H and O–H groups in total. The van der Waals surface area contributed by atoms with Crippen molar-refractivity contribution in [2.75, 3.05) is 5.32 Å². The van der Waals surface area contributed by atoms with Crippen LogP contribution in [0.3, 0.4) is 0 Å². The SMILES string of the molecule is Cc1ccc(C(N)c2ccc3c(c2)CCC(=O)N3)s1. The van der Waals surface area contributed by atoms with E-state index < -0.39 is 0 Å². The van der Waals surface area contributed by atoms with E-state index in [0.717, 1.165) is 17.7 Å². The number of rotatable bonds is 2. The Morgan fingerprint density at radius 1 is 1.26 bits per heavy atom. The summed E-state index contributed by atoms with van der Waals surface area (Å²) in [6.07, 6.45) is 1.36. The molecule has 1 amide bonds. The molecule has 1 unspecified atom stereocenters. The Morgan fingerprint density at radius 2 is 2.11 bits per heavy atom. The Labute approximate surface area is 116 Å². The zero-order valence-electron chi connectivity index (χ0n) is 10.8. The van der Waals surface area contributed by atoms with Crippen molar-refractivity contribution in [1.29, 1.82) is 0 Å². The summed E-state index contributed by atoms with van der Waals surface area (Å²) < 4.78 is 0. The standard InChI is InChI=1S/C15H16N2OS/c1-9-2-6-13(19-9)15(16)11-3-5-12-10(8-11)4-7-14(18)17-12/h2-3,5-6,8,15H,4,7,16H2,1H3,(H,17,18). The lowest BCUT2D eigenvalue weighted by Gasteiger charge is -2.19. The van der Waals surface area contributed by atoms with E-state index in [2.05, 4.69) is 30.4 Å². The number of nitrogens with two attached hydrogens (primary N) is 1. The molecule has 1 atom stereocenters. The molecule has 1 aromatic heterocycles. The Bertz CT molecular complexity index is 633. The third-order valence-corrected chi connectivity index (χ3v) is 4.54. The largest absolute Gasteiger partial charge is 0.326 e. The van der Waals surface area contributed by atoms with Crippen LogP contribution in [0, 0.1) is 6.92 Å². The van der Waals surface area contributed by atoms with Crippen LogP contribution >= 0.6 is 11.3 Å². The van der Waals surface area contributed by atoms with E-state index in [1.807, 2.05) is 12.1 Å². The third-order valence-electron chi connectivity index (χ3n) is 3.45. The van der Waals surface area contributed by atoms with Gasteiger partial charge in [-0.1, -0.05) is 12.1 Å². The maximum absolute atomic E-state index is 11.3. The molecule has 0 spiro atoms. The molecule has 0 saturated carbocycles. The predicted molar refractivity (Wildman–Crippen MR) is 78.5 cm³/mol. The number of amides is 1. The van der Waals surface area contributed by atoms with Gasteiger partial charge in [0, 0.05) is 21.9 Å². The first-order chi connectivity index (χ1) is 9.13. The molecule has 0 aliphatic carbocycles. The number of aryl methyl sites for hydroxylation is 2. The van der Waals surface area contributed by atoms with Crippen LogP contribution in [0.5, 0.6) is 0 Å². The summed E-state index contributed by atoms with van der Waals surface area (Å²) in [7, 11) is 0. The molecule has 3 nitrogen and oxygen atoms in total. The highest BCUT2D eigenvalue weighted by Gasteiger charge is 2.17. The first-order valence-corrected chi connectivity index (χ1v) is 7.20. The molecule has 0 fully saturated rings. The average molecular weight is 272 g/mol. The second-order valence-electron chi connectivity index (χ2n) is 4.89. The van der Waals surface area contributed by atoms with Crippen molar-refractivity contribution >= 4 is 22.9 Å². The number of fused-ring (bicyclic) bond motifs is 1. The summed E-state index contributed by atoms with van der Waals surface area (Å²) in [5.41, 5.74) is 9.53. The van der Waals surface area contributed by atoms with E-state index in [1.165, 1.54) is 15.3 Å². The number of anilines is 1. The lowest BCUT2D eigenvalue weighted by molar-refractivity contribution is -0.116. The highest BCUT2D eigenvalue weighted by Crippen LogP contribution is 2.30. The van der Waals surface area contributed by atoms with Crippen molar-refractivity contribution in [2.24, 2.45) is 5.73 Å². The minimum Gasteiger partial charge on any atom is -0.326 e. The summed E-state index contributed by atoms with van der Waals surface area (Å²) in [5.74, 6) is 0.0958. The number of hydrogen-bond donors (Lipinski definition) is 2. The molecule has 2 heterocycles.